The number of fused-ring (bicyclic) bond motifs is 1. The molecule has 1 aliphatic rings. The Morgan fingerprint density at radius 1 is 1.17 bits per heavy atom. The van der Waals surface area contributed by atoms with Crippen LogP contribution >= 0.6 is 0 Å². The molecule has 0 spiro atoms. The van der Waals surface area contributed by atoms with Crippen LogP contribution in [0.1, 0.15) is 51.4 Å². The van der Waals surface area contributed by atoms with Crippen LogP contribution in [0.3, 0.4) is 0 Å². The SMILES string of the molecule is COc1cccc(Cn2c3c(c(C)c2C(=O)NCc2ccccn2)CCCC3)c1. The summed E-state index contributed by atoms with van der Waals surface area (Å²) >= 11 is 0. The number of rotatable bonds is 6. The highest BCUT2D eigenvalue weighted by molar-refractivity contribution is 5.95. The number of hydrogen-bond donors (Lipinski definition) is 1. The Balaban J connectivity index is 1.66. The van der Waals surface area contributed by atoms with E-state index in [1.165, 1.54) is 24.1 Å². The van der Waals surface area contributed by atoms with Gasteiger partial charge in [0.25, 0.3) is 5.91 Å². The highest BCUT2D eigenvalue weighted by atomic mass is 16.5. The zero-order valence-electron chi connectivity index (χ0n) is 17.1. The van der Waals surface area contributed by atoms with Crippen molar-refractivity contribution < 1.29 is 9.53 Å². The molecule has 0 aliphatic heterocycles. The van der Waals surface area contributed by atoms with Crippen molar-refractivity contribution in [2.75, 3.05) is 7.11 Å². The van der Waals surface area contributed by atoms with E-state index < -0.39 is 0 Å². The molecule has 0 saturated heterocycles. The Morgan fingerprint density at radius 2 is 2.03 bits per heavy atom. The number of carbonyl (C=O) groups is 1. The molecule has 0 atom stereocenters. The number of ether oxygens (including phenoxy) is 1. The van der Waals surface area contributed by atoms with Crippen molar-refractivity contribution in [3.8, 4) is 5.75 Å². The average Bonchev–Trinajstić information content (AvgIpc) is 3.05. The van der Waals surface area contributed by atoms with Crippen molar-refractivity contribution in [3.63, 3.8) is 0 Å². The highest BCUT2D eigenvalue weighted by Crippen LogP contribution is 2.31. The maximum atomic E-state index is 13.2. The minimum atomic E-state index is -0.0366. The fourth-order valence-electron chi connectivity index (χ4n) is 4.25. The number of aromatic nitrogens is 2. The van der Waals surface area contributed by atoms with Gasteiger partial charge in [0.1, 0.15) is 11.4 Å². The fourth-order valence-corrected chi connectivity index (χ4v) is 4.25. The van der Waals surface area contributed by atoms with E-state index in [1.54, 1.807) is 13.3 Å². The summed E-state index contributed by atoms with van der Waals surface area (Å²) < 4.78 is 7.59. The van der Waals surface area contributed by atoms with E-state index in [0.29, 0.717) is 13.1 Å². The fraction of sp³-hybridized carbons (Fsp3) is 0.333. The first-order chi connectivity index (χ1) is 14.2. The Bertz CT molecular complexity index is 1010. The van der Waals surface area contributed by atoms with Crippen LogP contribution in [0, 0.1) is 6.92 Å². The van der Waals surface area contributed by atoms with Crippen LogP contribution in [0.15, 0.2) is 48.7 Å². The molecule has 0 unspecified atom stereocenters. The molecule has 1 aliphatic carbocycles. The highest BCUT2D eigenvalue weighted by Gasteiger charge is 2.26. The lowest BCUT2D eigenvalue weighted by Gasteiger charge is -2.17. The number of carbonyl (C=O) groups excluding carboxylic acids is 1. The maximum absolute atomic E-state index is 13.2. The zero-order chi connectivity index (χ0) is 20.2. The van der Waals surface area contributed by atoms with Gasteiger partial charge in [-0.05, 0) is 73.6 Å². The Hall–Kier alpha value is -3.08. The lowest BCUT2D eigenvalue weighted by molar-refractivity contribution is 0.0940. The van der Waals surface area contributed by atoms with E-state index in [9.17, 15) is 4.79 Å². The van der Waals surface area contributed by atoms with E-state index in [1.807, 2.05) is 36.4 Å². The molecule has 5 nitrogen and oxygen atoms in total. The van der Waals surface area contributed by atoms with E-state index in [2.05, 4.69) is 27.9 Å². The second-order valence-corrected chi connectivity index (χ2v) is 7.55. The predicted octanol–water partition coefficient (Wildman–Crippen LogP) is 4.06. The minimum absolute atomic E-state index is 0.0366. The average molecular weight is 389 g/mol. The van der Waals surface area contributed by atoms with Gasteiger partial charge >= 0.3 is 0 Å². The van der Waals surface area contributed by atoms with Gasteiger partial charge in [0.2, 0.25) is 0 Å². The van der Waals surface area contributed by atoms with Crippen molar-refractivity contribution in [3.05, 3.63) is 82.4 Å². The molecule has 1 aromatic carbocycles. The quantitative estimate of drug-likeness (QED) is 0.692. The summed E-state index contributed by atoms with van der Waals surface area (Å²) in [5.74, 6) is 0.798. The maximum Gasteiger partial charge on any atom is 0.268 e. The zero-order valence-corrected chi connectivity index (χ0v) is 17.1. The summed E-state index contributed by atoms with van der Waals surface area (Å²) in [5, 5.41) is 3.07. The van der Waals surface area contributed by atoms with E-state index in [4.69, 9.17) is 4.74 Å². The largest absolute Gasteiger partial charge is 0.497 e. The lowest BCUT2D eigenvalue weighted by Crippen LogP contribution is -2.27. The third-order valence-electron chi connectivity index (χ3n) is 5.69. The van der Waals surface area contributed by atoms with Crippen molar-refractivity contribution in [1.29, 1.82) is 0 Å². The Labute approximate surface area is 171 Å². The van der Waals surface area contributed by atoms with Crippen LogP contribution in [0.25, 0.3) is 0 Å². The second kappa shape index (κ2) is 8.52. The van der Waals surface area contributed by atoms with Gasteiger partial charge in [-0.1, -0.05) is 18.2 Å². The Kier molecular flexibility index (Phi) is 5.65. The predicted molar refractivity (Wildman–Crippen MR) is 113 cm³/mol. The molecule has 4 rings (SSSR count). The van der Waals surface area contributed by atoms with Crippen LogP contribution in [0.4, 0.5) is 0 Å². The Morgan fingerprint density at radius 3 is 2.83 bits per heavy atom. The molecule has 0 saturated carbocycles. The number of methoxy groups -OCH3 is 1. The normalized spacial score (nSPS) is 13.0. The third-order valence-corrected chi connectivity index (χ3v) is 5.69. The first kappa shape index (κ1) is 19.2. The van der Waals surface area contributed by atoms with Gasteiger partial charge in [-0.15, -0.1) is 0 Å². The number of nitrogens with one attached hydrogen (secondary N) is 1. The molecule has 150 valence electrons. The summed E-state index contributed by atoms with van der Waals surface area (Å²) in [5.41, 5.74) is 6.53. The van der Waals surface area contributed by atoms with Crippen LogP contribution in [0.5, 0.6) is 5.75 Å². The number of hydrogen-bond acceptors (Lipinski definition) is 3. The van der Waals surface area contributed by atoms with E-state index >= 15 is 0 Å². The molecule has 29 heavy (non-hydrogen) atoms. The van der Waals surface area contributed by atoms with Gasteiger partial charge in [0.15, 0.2) is 0 Å². The summed E-state index contributed by atoms with van der Waals surface area (Å²) in [7, 11) is 1.68. The number of amides is 1. The molecule has 5 heteroatoms. The van der Waals surface area contributed by atoms with Crippen molar-refractivity contribution in [2.24, 2.45) is 0 Å². The van der Waals surface area contributed by atoms with Crippen molar-refractivity contribution >= 4 is 5.91 Å². The van der Waals surface area contributed by atoms with Crippen molar-refractivity contribution in [2.45, 2.75) is 45.7 Å². The number of pyridine rings is 1. The van der Waals surface area contributed by atoms with Gasteiger partial charge in [-0.2, -0.15) is 0 Å². The number of nitrogens with zero attached hydrogens (tertiary/aromatic N) is 2. The van der Waals surface area contributed by atoms with Gasteiger partial charge < -0.3 is 14.6 Å². The molecule has 0 radical (unpaired) electrons. The molecule has 1 N–H and O–H groups in total. The van der Waals surface area contributed by atoms with Gasteiger partial charge in [-0.3, -0.25) is 9.78 Å². The first-order valence-corrected chi connectivity index (χ1v) is 10.2. The lowest BCUT2D eigenvalue weighted by atomic mass is 9.95. The molecule has 0 bridgehead atoms. The first-order valence-electron chi connectivity index (χ1n) is 10.2. The molecular weight excluding hydrogens is 362 g/mol. The molecule has 0 fully saturated rings. The molecule has 2 aromatic heterocycles. The summed E-state index contributed by atoms with van der Waals surface area (Å²) in [6, 6.07) is 13.8. The van der Waals surface area contributed by atoms with Crippen LogP contribution < -0.4 is 10.1 Å². The van der Waals surface area contributed by atoms with Gasteiger partial charge in [0.05, 0.1) is 19.3 Å². The van der Waals surface area contributed by atoms with Crippen molar-refractivity contribution in [1.82, 2.24) is 14.9 Å². The summed E-state index contributed by atoms with van der Waals surface area (Å²) in [6.07, 6.45) is 6.17. The monoisotopic (exact) mass is 389 g/mol. The number of benzene rings is 1. The molecule has 1 amide bonds. The van der Waals surface area contributed by atoms with E-state index in [-0.39, 0.29) is 5.91 Å². The minimum Gasteiger partial charge on any atom is -0.497 e. The molecular formula is C24H27N3O2. The van der Waals surface area contributed by atoms with Gasteiger partial charge in [0, 0.05) is 18.4 Å². The molecule has 2 heterocycles. The standard InChI is InChI=1S/C24H27N3O2/c1-17-21-11-3-4-12-22(21)27(16-18-8-7-10-20(14-18)29-2)23(17)24(28)26-15-19-9-5-6-13-25-19/h5-10,13-14H,3-4,11-12,15-16H2,1-2H3,(H,26,28). The van der Waals surface area contributed by atoms with Crippen LogP contribution in [-0.2, 0) is 25.9 Å². The molecule has 3 aromatic rings. The second-order valence-electron chi connectivity index (χ2n) is 7.55. The van der Waals surface area contributed by atoms with Gasteiger partial charge in [-0.25, -0.2) is 0 Å². The smallest absolute Gasteiger partial charge is 0.268 e. The third kappa shape index (κ3) is 4.04. The van der Waals surface area contributed by atoms with E-state index in [0.717, 1.165) is 41.1 Å². The summed E-state index contributed by atoms with van der Waals surface area (Å²) in [4.78, 5) is 17.5. The topological polar surface area (TPSA) is 56.1 Å². The van der Waals surface area contributed by atoms with Crippen LogP contribution in [0.2, 0.25) is 0 Å². The summed E-state index contributed by atoms with van der Waals surface area (Å²) in [6.45, 7) is 3.18. The van der Waals surface area contributed by atoms with Crippen LogP contribution in [-0.4, -0.2) is 22.6 Å².